The molecule has 9 heteroatoms. The van der Waals surface area contributed by atoms with Crippen molar-refractivity contribution in [1.82, 2.24) is 15.5 Å². The average Bonchev–Trinajstić information content (AvgIpc) is 3.07. The number of hydrogen-bond donors (Lipinski definition) is 3. The zero-order valence-corrected chi connectivity index (χ0v) is 16.9. The number of alkyl carbamates (subject to hydrolysis) is 1. The topological polar surface area (TPSA) is 113 Å². The zero-order chi connectivity index (χ0) is 20.9. The van der Waals surface area contributed by atoms with E-state index in [9.17, 15) is 14.4 Å². The number of H-pyrrole nitrogens is 1. The standard InChI is InChI=1S/C19H23ClN4O4/c1-11(22-18(27)28-19(2,3)4)15(25)10-13-12(6-5-7-14(13)20)17(26)23-16-8-9-21-24-16/h5-9,11H,10H2,1-4H3,(H,22,27)(H2,21,23,24,26)/t11-/m0/s1. The Morgan fingerprint density at radius 3 is 2.57 bits per heavy atom. The maximum atomic E-state index is 12.6. The molecule has 1 aromatic carbocycles. The summed E-state index contributed by atoms with van der Waals surface area (Å²) in [5.41, 5.74) is -0.0306. The number of carbonyl (C=O) groups excluding carboxylic acids is 3. The molecule has 3 N–H and O–H groups in total. The van der Waals surface area contributed by atoms with E-state index in [0.717, 1.165) is 0 Å². The van der Waals surface area contributed by atoms with Crippen LogP contribution in [0.5, 0.6) is 0 Å². The van der Waals surface area contributed by atoms with Crippen molar-refractivity contribution in [2.75, 3.05) is 5.32 Å². The zero-order valence-electron chi connectivity index (χ0n) is 16.1. The normalized spacial score (nSPS) is 12.2. The van der Waals surface area contributed by atoms with E-state index in [2.05, 4.69) is 20.8 Å². The number of anilines is 1. The number of Topliss-reactive ketones (excluding diaryl/α,β-unsaturated/α-hetero) is 1. The molecule has 0 spiro atoms. The Labute approximate surface area is 168 Å². The van der Waals surface area contributed by atoms with E-state index in [0.29, 0.717) is 11.4 Å². The Morgan fingerprint density at radius 1 is 1.25 bits per heavy atom. The van der Waals surface area contributed by atoms with Crippen LogP contribution >= 0.6 is 11.6 Å². The van der Waals surface area contributed by atoms with Crippen LogP contribution in [0.3, 0.4) is 0 Å². The number of ketones is 1. The van der Waals surface area contributed by atoms with Gasteiger partial charge in [0.05, 0.1) is 12.2 Å². The maximum absolute atomic E-state index is 12.6. The Kier molecular flexibility index (Phi) is 6.80. The van der Waals surface area contributed by atoms with Crippen molar-refractivity contribution in [3.8, 4) is 0 Å². The number of aromatic amines is 1. The Hall–Kier alpha value is -2.87. The molecule has 0 saturated carbocycles. The molecule has 1 atom stereocenters. The van der Waals surface area contributed by atoms with Gasteiger partial charge in [-0.1, -0.05) is 17.7 Å². The van der Waals surface area contributed by atoms with E-state index in [1.165, 1.54) is 6.20 Å². The van der Waals surface area contributed by atoms with Crippen molar-refractivity contribution < 1.29 is 19.1 Å². The van der Waals surface area contributed by atoms with Gasteiger partial charge in [-0.05, 0) is 45.4 Å². The number of benzene rings is 1. The van der Waals surface area contributed by atoms with Crippen LogP contribution in [0, 0.1) is 0 Å². The predicted octanol–water partition coefficient (Wildman–Crippen LogP) is 3.34. The highest BCUT2D eigenvalue weighted by Crippen LogP contribution is 2.22. The van der Waals surface area contributed by atoms with Crippen LogP contribution in [0.25, 0.3) is 0 Å². The Morgan fingerprint density at radius 2 is 1.96 bits per heavy atom. The molecule has 2 rings (SSSR count). The summed E-state index contributed by atoms with van der Waals surface area (Å²) in [5.74, 6) is -0.320. The van der Waals surface area contributed by atoms with Gasteiger partial charge in [0.1, 0.15) is 11.4 Å². The van der Waals surface area contributed by atoms with Crippen LogP contribution in [0.15, 0.2) is 30.5 Å². The highest BCUT2D eigenvalue weighted by molar-refractivity contribution is 6.32. The van der Waals surface area contributed by atoms with Gasteiger partial charge in [-0.15, -0.1) is 0 Å². The highest BCUT2D eigenvalue weighted by atomic mass is 35.5. The van der Waals surface area contributed by atoms with Gasteiger partial charge >= 0.3 is 6.09 Å². The van der Waals surface area contributed by atoms with Crippen molar-refractivity contribution in [3.63, 3.8) is 0 Å². The molecule has 150 valence electrons. The number of hydrogen-bond acceptors (Lipinski definition) is 5. The lowest BCUT2D eigenvalue weighted by Gasteiger charge is -2.21. The van der Waals surface area contributed by atoms with Gasteiger partial charge in [0.2, 0.25) is 0 Å². The number of nitrogens with one attached hydrogen (secondary N) is 3. The monoisotopic (exact) mass is 406 g/mol. The fourth-order valence-corrected chi connectivity index (χ4v) is 2.60. The molecule has 0 aliphatic carbocycles. The smallest absolute Gasteiger partial charge is 0.408 e. The molecule has 0 saturated heterocycles. The first-order chi connectivity index (χ1) is 13.1. The van der Waals surface area contributed by atoms with E-state index < -0.39 is 23.6 Å². The molecule has 2 aromatic rings. The van der Waals surface area contributed by atoms with Crippen molar-refractivity contribution in [2.24, 2.45) is 0 Å². The minimum Gasteiger partial charge on any atom is -0.444 e. The SMILES string of the molecule is C[C@H](NC(=O)OC(C)(C)C)C(=O)Cc1c(Cl)cccc1C(=O)Nc1ccn[nH]1. The van der Waals surface area contributed by atoms with Gasteiger partial charge in [-0.2, -0.15) is 5.10 Å². The summed E-state index contributed by atoms with van der Waals surface area (Å²) in [7, 11) is 0. The molecule has 0 fully saturated rings. The molecule has 0 radical (unpaired) electrons. The molecule has 2 amide bonds. The van der Waals surface area contributed by atoms with E-state index in [1.54, 1.807) is 52.0 Å². The molecule has 0 aliphatic rings. The molecule has 1 heterocycles. The van der Waals surface area contributed by atoms with Crippen LogP contribution in [0.2, 0.25) is 5.02 Å². The summed E-state index contributed by atoms with van der Waals surface area (Å²) in [5, 5.41) is 11.8. The third-order valence-corrected chi connectivity index (χ3v) is 4.03. The number of rotatable bonds is 6. The summed E-state index contributed by atoms with van der Waals surface area (Å²) in [6, 6.07) is 5.59. The molecule has 0 aliphatic heterocycles. The third kappa shape index (κ3) is 6.09. The van der Waals surface area contributed by atoms with Crippen LogP contribution in [0.1, 0.15) is 43.6 Å². The summed E-state index contributed by atoms with van der Waals surface area (Å²) in [6.07, 6.45) is 0.689. The number of ether oxygens (including phenoxy) is 1. The fraction of sp³-hybridized carbons (Fsp3) is 0.368. The number of nitrogens with zero attached hydrogens (tertiary/aromatic N) is 1. The number of aromatic nitrogens is 2. The predicted molar refractivity (Wildman–Crippen MR) is 106 cm³/mol. The van der Waals surface area contributed by atoms with E-state index in [4.69, 9.17) is 16.3 Å². The van der Waals surface area contributed by atoms with Crippen LogP contribution in [0.4, 0.5) is 10.6 Å². The lowest BCUT2D eigenvalue weighted by molar-refractivity contribution is -0.120. The van der Waals surface area contributed by atoms with Crippen molar-refractivity contribution in [2.45, 2.75) is 45.8 Å². The Bertz CT molecular complexity index is 859. The lowest BCUT2D eigenvalue weighted by Crippen LogP contribution is -2.42. The van der Waals surface area contributed by atoms with E-state index in [-0.39, 0.29) is 22.8 Å². The van der Waals surface area contributed by atoms with Gasteiger partial charge in [0.15, 0.2) is 5.78 Å². The van der Waals surface area contributed by atoms with Crippen LogP contribution in [-0.2, 0) is 16.0 Å². The van der Waals surface area contributed by atoms with Gasteiger partial charge in [-0.3, -0.25) is 14.7 Å². The second-order valence-electron chi connectivity index (χ2n) is 7.20. The van der Waals surface area contributed by atoms with Gasteiger partial charge < -0.3 is 15.4 Å². The minimum absolute atomic E-state index is 0.123. The average molecular weight is 407 g/mol. The van der Waals surface area contributed by atoms with Gasteiger partial charge in [0, 0.05) is 23.1 Å². The number of halogens is 1. The summed E-state index contributed by atoms with van der Waals surface area (Å²) in [6.45, 7) is 6.74. The molecule has 28 heavy (non-hydrogen) atoms. The molecule has 0 bridgehead atoms. The minimum atomic E-state index is -0.811. The second-order valence-corrected chi connectivity index (χ2v) is 7.61. The van der Waals surface area contributed by atoms with E-state index in [1.807, 2.05) is 0 Å². The van der Waals surface area contributed by atoms with Crippen molar-refractivity contribution >= 4 is 35.2 Å². The molecular weight excluding hydrogens is 384 g/mol. The van der Waals surface area contributed by atoms with Crippen LogP contribution < -0.4 is 10.6 Å². The molecule has 8 nitrogen and oxygen atoms in total. The Balaban J connectivity index is 2.11. The van der Waals surface area contributed by atoms with Gasteiger partial charge in [0.25, 0.3) is 5.91 Å². The van der Waals surface area contributed by atoms with Crippen molar-refractivity contribution in [1.29, 1.82) is 0 Å². The highest BCUT2D eigenvalue weighted by Gasteiger charge is 2.23. The first-order valence-electron chi connectivity index (χ1n) is 8.67. The number of amides is 2. The summed E-state index contributed by atoms with van der Waals surface area (Å²) < 4.78 is 5.15. The molecule has 0 unspecified atom stereocenters. The first kappa shape index (κ1) is 21.4. The lowest BCUT2D eigenvalue weighted by atomic mass is 9.99. The molecular formula is C19H23ClN4O4. The van der Waals surface area contributed by atoms with Crippen molar-refractivity contribution in [3.05, 3.63) is 46.6 Å². The quantitative estimate of drug-likeness (QED) is 0.680. The summed E-state index contributed by atoms with van der Waals surface area (Å²) >= 11 is 6.23. The van der Waals surface area contributed by atoms with E-state index >= 15 is 0 Å². The first-order valence-corrected chi connectivity index (χ1v) is 9.05. The second kappa shape index (κ2) is 8.88. The van der Waals surface area contributed by atoms with Crippen LogP contribution in [-0.4, -0.2) is 39.6 Å². The van der Waals surface area contributed by atoms with Gasteiger partial charge in [-0.25, -0.2) is 4.79 Å². The number of carbonyl (C=O) groups is 3. The molecule has 1 aromatic heterocycles. The largest absolute Gasteiger partial charge is 0.444 e. The fourth-order valence-electron chi connectivity index (χ4n) is 2.36. The third-order valence-electron chi connectivity index (χ3n) is 3.68. The summed E-state index contributed by atoms with van der Waals surface area (Å²) in [4.78, 5) is 37.0. The maximum Gasteiger partial charge on any atom is 0.408 e.